The van der Waals surface area contributed by atoms with Gasteiger partial charge in [0, 0.05) is 35.5 Å². The van der Waals surface area contributed by atoms with Crippen molar-refractivity contribution in [2.24, 2.45) is 0 Å². The first kappa shape index (κ1) is 30.2. The quantitative estimate of drug-likeness (QED) is 0.291. The molecule has 0 spiro atoms. The van der Waals surface area contributed by atoms with E-state index in [4.69, 9.17) is 14.6 Å². The van der Waals surface area contributed by atoms with Gasteiger partial charge in [-0.25, -0.2) is 4.68 Å². The second kappa shape index (κ2) is 12.5. The van der Waals surface area contributed by atoms with Crippen molar-refractivity contribution in [3.05, 3.63) is 94.9 Å². The summed E-state index contributed by atoms with van der Waals surface area (Å²) < 4.78 is 13.2. The maximum absolute atomic E-state index is 14.0. The Bertz CT molecular complexity index is 1630. The van der Waals surface area contributed by atoms with E-state index in [1.54, 1.807) is 31.5 Å². The van der Waals surface area contributed by atoms with Gasteiger partial charge in [-0.15, -0.1) is 11.8 Å². The Morgan fingerprint density at radius 3 is 2.51 bits per heavy atom. The Balaban J connectivity index is 1.70. The lowest BCUT2D eigenvalue weighted by atomic mass is 9.87. The van der Waals surface area contributed by atoms with E-state index in [2.05, 4.69) is 31.1 Å². The van der Waals surface area contributed by atoms with Gasteiger partial charge < -0.3 is 14.8 Å². The summed E-state index contributed by atoms with van der Waals surface area (Å²) in [5.41, 5.74) is 4.99. The van der Waals surface area contributed by atoms with Crippen LogP contribution in [-0.4, -0.2) is 53.1 Å². The number of ether oxygens (including phenoxy) is 2. The fourth-order valence-corrected chi connectivity index (χ4v) is 6.42. The van der Waals surface area contributed by atoms with Gasteiger partial charge in [0.2, 0.25) is 11.8 Å². The van der Waals surface area contributed by atoms with Crippen LogP contribution in [0.1, 0.15) is 54.0 Å². The summed E-state index contributed by atoms with van der Waals surface area (Å²) in [4.78, 5) is 33.0. The SMILES string of the molecule is COc1ccc(OC)c([C@H]2SCC(=O)N(CC(=O)NCc3ccncc3)c3c2c(C(C)(C)C)nn3-c2cccc(C)c2)c1. The number of nitrogens with one attached hydrogen (secondary N) is 1. The number of carbonyl (C=O) groups is 2. The molecule has 0 unspecified atom stereocenters. The molecule has 0 aliphatic carbocycles. The van der Waals surface area contributed by atoms with Gasteiger partial charge in [-0.3, -0.25) is 19.5 Å². The molecular weight excluding hydrogens is 562 g/mol. The zero-order chi connectivity index (χ0) is 30.7. The van der Waals surface area contributed by atoms with Crippen LogP contribution < -0.4 is 19.7 Å². The van der Waals surface area contributed by atoms with Crippen molar-refractivity contribution in [2.75, 3.05) is 31.4 Å². The Labute approximate surface area is 256 Å². The van der Waals surface area contributed by atoms with Crippen molar-refractivity contribution in [1.82, 2.24) is 20.1 Å². The number of aromatic nitrogens is 3. The summed E-state index contributed by atoms with van der Waals surface area (Å²) in [5, 5.41) is 7.82. The molecule has 1 N–H and O–H groups in total. The van der Waals surface area contributed by atoms with Crippen LogP contribution in [0.4, 0.5) is 5.82 Å². The number of benzene rings is 2. The van der Waals surface area contributed by atoms with Gasteiger partial charge in [0.05, 0.1) is 36.6 Å². The Morgan fingerprint density at radius 1 is 1.07 bits per heavy atom. The van der Waals surface area contributed by atoms with E-state index in [-0.39, 0.29) is 34.8 Å². The molecule has 43 heavy (non-hydrogen) atoms. The van der Waals surface area contributed by atoms with Crippen LogP contribution in [-0.2, 0) is 21.5 Å². The van der Waals surface area contributed by atoms with E-state index in [1.807, 2.05) is 66.2 Å². The summed E-state index contributed by atoms with van der Waals surface area (Å²) in [6.07, 6.45) is 3.37. The standard InChI is InChI=1S/C33H37N5O4S/c1-21-8-7-9-23(16-21)38-32-29(31(36-38)33(2,3)4)30(25-17-24(41-5)10-11-26(25)42-6)43-20-28(40)37(32)19-27(39)35-18-22-12-14-34-15-13-22/h7-17,30H,18-20H2,1-6H3,(H,35,39)/t30-/m1/s1. The average molecular weight is 600 g/mol. The predicted octanol–water partition coefficient (Wildman–Crippen LogP) is 5.38. The fourth-order valence-electron chi connectivity index (χ4n) is 5.20. The first-order valence-corrected chi connectivity index (χ1v) is 15.2. The zero-order valence-corrected chi connectivity index (χ0v) is 26.2. The minimum atomic E-state index is -0.382. The maximum atomic E-state index is 14.0. The van der Waals surface area contributed by atoms with E-state index in [0.717, 1.165) is 33.6 Å². The van der Waals surface area contributed by atoms with Crippen molar-refractivity contribution in [1.29, 1.82) is 0 Å². The minimum Gasteiger partial charge on any atom is -0.497 e. The van der Waals surface area contributed by atoms with Crippen molar-refractivity contribution < 1.29 is 19.1 Å². The zero-order valence-electron chi connectivity index (χ0n) is 25.4. The highest BCUT2D eigenvalue weighted by Gasteiger charge is 2.40. The van der Waals surface area contributed by atoms with E-state index < -0.39 is 0 Å². The predicted molar refractivity (Wildman–Crippen MR) is 169 cm³/mol. The molecule has 2 aromatic carbocycles. The first-order valence-electron chi connectivity index (χ1n) is 14.1. The molecule has 10 heteroatoms. The highest BCUT2D eigenvalue weighted by molar-refractivity contribution is 8.00. The monoisotopic (exact) mass is 599 g/mol. The summed E-state index contributed by atoms with van der Waals surface area (Å²) >= 11 is 1.50. The second-order valence-electron chi connectivity index (χ2n) is 11.5. The molecule has 1 aliphatic heterocycles. The van der Waals surface area contributed by atoms with Gasteiger partial charge in [0.15, 0.2) is 0 Å². The van der Waals surface area contributed by atoms with E-state index in [9.17, 15) is 9.59 Å². The van der Waals surface area contributed by atoms with Crippen LogP contribution >= 0.6 is 11.8 Å². The molecule has 1 atom stereocenters. The largest absolute Gasteiger partial charge is 0.497 e. The molecule has 4 aromatic rings. The molecule has 2 aromatic heterocycles. The van der Waals surface area contributed by atoms with Crippen LogP contribution in [0.25, 0.3) is 5.69 Å². The Morgan fingerprint density at radius 2 is 1.84 bits per heavy atom. The summed E-state index contributed by atoms with van der Waals surface area (Å²) in [6, 6.07) is 17.4. The molecule has 9 nitrogen and oxygen atoms in total. The highest BCUT2D eigenvalue weighted by Crippen LogP contribution is 2.51. The molecule has 0 radical (unpaired) electrons. The normalized spacial score (nSPS) is 15.1. The second-order valence-corrected chi connectivity index (χ2v) is 12.6. The number of hydrogen-bond acceptors (Lipinski definition) is 7. The number of amides is 2. The summed E-state index contributed by atoms with van der Waals surface area (Å²) in [6.45, 7) is 8.53. The van der Waals surface area contributed by atoms with E-state index in [0.29, 0.717) is 23.9 Å². The van der Waals surface area contributed by atoms with Gasteiger partial charge in [-0.2, -0.15) is 5.10 Å². The molecular formula is C33H37N5O4S. The third-order valence-corrected chi connectivity index (χ3v) is 8.54. The molecule has 0 saturated heterocycles. The Hall–Kier alpha value is -4.31. The van der Waals surface area contributed by atoms with Crippen LogP contribution in [0.3, 0.4) is 0 Å². The minimum absolute atomic E-state index is 0.152. The van der Waals surface area contributed by atoms with Crippen molar-refractivity contribution in [3.8, 4) is 17.2 Å². The summed E-state index contributed by atoms with van der Waals surface area (Å²) in [7, 11) is 3.27. The number of thioether (sulfide) groups is 1. The molecule has 2 amide bonds. The van der Waals surface area contributed by atoms with E-state index in [1.165, 1.54) is 11.8 Å². The number of rotatable bonds is 8. The van der Waals surface area contributed by atoms with Gasteiger partial charge in [0.25, 0.3) is 0 Å². The van der Waals surface area contributed by atoms with Gasteiger partial charge in [-0.05, 0) is 60.5 Å². The number of methoxy groups -OCH3 is 2. The third-order valence-electron chi connectivity index (χ3n) is 7.31. The molecule has 0 saturated carbocycles. The number of aryl methyl sites for hydroxylation is 1. The van der Waals surface area contributed by atoms with Crippen LogP contribution in [0.2, 0.25) is 0 Å². The molecule has 224 valence electrons. The van der Waals surface area contributed by atoms with E-state index >= 15 is 0 Å². The number of hydrogen-bond donors (Lipinski definition) is 1. The topological polar surface area (TPSA) is 98.6 Å². The van der Waals surface area contributed by atoms with Gasteiger partial charge in [0.1, 0.15) is 23.9 Å². The molecule has 0 fully saturated rings. The van der Waals surface area contributed by atoms with Crippen LogP contribution in [0, 0.1) is 6.92 Å². The molecule has 0 bridgehead atoms. The number of nitrogens with zero attached hydrogens (tertiary/aromatic N) is 4. The fraction of sp³-hybridized carbons (Fsp3) is 0.333. The van der Waals surface area contributed by atoms with Gasteiger partial charge in [-0.1, -0.05) is 32.9 Å². The Kier molecular flexibility index (Phi) is 8.77. The number of fused-ring (bicyclic) bond motifs is 1. The van der Waals surface area contributed by atoms with Crippen LogP contribution in [0.15, 0.2) is 67.0 Å². The highest BCUT2D eigenvalue weighted by atomic mass is 32.2. The van der Waals surface area contributed by atoms with Crippen LogP contribution in [0.5, 0.6) is 11.5 Å². The average Bonchev–Trinajstić information content (AvgIpc) is 3.34. The van der Waals surface area contributed by atoms with Crippen molar-refractivity contribution >= 4 is 29.4 Å². The number of anilines is 1. The van der Waals surface area contributed by atoms with Gasteiger partial charge >= 0.3 is 0 Å². The smallest absolute Gasteiger partial charge is 0.240 e. The lowest BCUT2D eigenvalue weighted by Crippen LogP contribution is -2.42. The van der Waals surface area contributed by atoms with Crippen molar-refractivity contribution in [3.63, 3.8) is 0 Å². The lowest BCUT2D eigenvalue weighted by Gasteiger charge is -2.25. The molecule has 1 aliphatic rings. The lowest BCUT2D eigenvalue weighted by molar-refractivity contribution is -0.123. The summed E-state index contributed by atoms with van der Waals surface area (Å²) in [5.74, 6) is 1.67. The van der Waals surface area contributed by atoms with Crippen molar-refractivity contribution in [2.45, 2.75) is 44.9 Å². The third kappa shape index (κ3) is 6.39. The molecule has 3 heterocycles. The maximum Gasteiger partial charge on any atom is 0.240 e. The molecule has 5 rings (SSSR count). The first-order chi connectivity index (χ1) is 20.6. The number of pyridine rings is 1. The number of carbonyl (C=O) groups excluding carboxylic acids is 2.